The number of carbonyl (C=O) groups is 3. The molecule has 10 nitrogen and oxygen atoms in total. The van der Waals surface area contributed by atoms with Gasteiger partial charge in [-0.2, -0.15) is 5.10 Å². The summed E-state index contributed by atoms with van der Waals surface area (Å²) in [5, 5.41) is 4.78. The van der Waals surface area contributed by atoms with Crippen LogP contribution in [-0.2, 0) is 33.3 Å². The lowest BCUT2D eigenvalue weighted by Crippen LogP contribution is -2.57. The summed E-state index contributed by atoms with van der Waals surface area (Å²) in [6, 6.07) is 0.929. The number of hydrogen-bond donors (Lipinski definition) is 0. The van der Waals surface area contributed by atoms with Crippen LogP contribution in [0.25, 0.3) is 0 Å². The first-order chi connectivity index (χ1) is 15.6. The molecule has 0 amide bonds. The van der Waals surface area contributed by atoms with Gasteiger partial charge < -0.3 is 18.9 Å². The minimum atomic E-state index is -0.962. The van der Waals surface area contributed by atoms with Crippen molar-refractivity contribution >= 4 is 63.9 Å². The molecule has 33 heavy (non-hydrogen) atoms. The van der Waals surface area contributed by atoms with Crippen molar-refractivity contribution < 1.29 is 33.3 Å². The molecule has 3 unspecified atom stereocenters. The van der Waals surface area contributed by atoms with Crippen LogP contribution in [-0.4, -0.2) is 63.0 Å². The molecular formula is C20H21ClIN3O7S. The van der Waals surface area contributed by atoms with Crippen LogP contribution in [0.2, 0.25) is 5.02 Å². The molecular weight excluding hydrogens is 589 g/mol. The SMILES string of the molecule is CC(=O)OCC1O[C@H](Sc2cncc(Cl)c2)C(OC(C)=O)C(n2cc(I)cn2)[C@H]1OC(C)=O. The fraction of sp³-hybridized carbons (Fsp3) is 0.450. The molecule has 0 saturated carbocycles. The van der Waals surface area contributed by atoms with E-state index in [1.807, 2.05) is 0 Å². The van der Waals surface area contributed by atoms with Gasteiger partial charge in [0.25, 0.3) is 0 Å². The van der Waals surface area contributed by atoms with Crippen LogP contribution in [0.1, 0.15) is 26.8 Å². The first-order valence-corrected chi connectivity index (χ1v) is 12.1. The molecule has 1 aliphatic heterocycles. The molecule has 1 saturated heterocycles. The van der Waals surface area contributed by atoms with Crippen LogP contribution in [0.3, 0.4) is 0 Å². The molecule has 0 aromatic carbocycles. The van der Waals surface area contributed by atoms with E-state index in [9.17, 15) is 14.4 Å². The van der Waals surface area contributed by atoms with Crippen molar-refractivity contribution in [3.63, 3.8) is 0 Å². The van der Waals surface area contributed by atoms with Crippen molar-refractivity contribution in [1.82, 2.24) is 14.8 Å². The van der Waals surface area contributed by atoms with E-state index >= 15 is 0 Å². The fourth-order valence-corrected chi connectivity index (χ4v) is 5.13. The van der Waals surface area contributed by atoms with Crippen molar-refractivity contribution in [2.24, 2.45) is 0 Å². The van der Waals surface area contributed by atoms with Crippen molar-refractivity contribution in [2.45, 2.75) is 55.5 Å². The zero-order chi connectivity index (χ0) is 24.1. The molecule has 0 aliphatic carbocycles. The van der Waals surface area contributed by atoms with Crippen LogP contribution in [0.15, 0.2) is 35.7 Å². The van der Waals surface area contributed by atoms with Gasteiger partial charge in [-0.25, -0.2) is 0 Å². The number of nitrogens with zero attached hydrogens (tertiary/aromatic N) is 3. The van der Waals surface area contributed by atoms with Crippen molar-refractivity contribution in [2.75, 3.05) is 6.61 Å². The Kier molecular flexibility index (Phi) is 8.95. The van der Waals surface area contributed by atoms with Gasteiger partial charge in [-0.05, 0) is 28.7 Å². The summed E-state index contributed by atoms with van der Waals surface area (Å²) in [5.41, 5.74) is -0.784. The number of pyridine rings is 1. The van der Waals surface area contributed by atoms with Gasteiger partial charge >= 0.3 is 17.9 Å². The summed E-state index contributed by atoms with van der Waals surface area (Å²) in [6.45, 7) is 3.62. The number of esters is 3. The van der Waals surface area contributed by atoms with Crippen molar-refractivity contribution in [3.05, 3.63) is 39.4 Å². The van der Waals surface area contributed by atoms with Gasteiger partial charge in [-0.1, -0.05) is 23.4 Å². The van der Waals surface area contributed by atoms with E-state index in [0.717, 1.165) is 3.57 Å². The van der Waals surface area contributed by atoms with E-state index < -0.39 is 47.7 Å². The Labute approximate surface area is 212 Å². The van der Waals surface area contributed by atoms with Gasteiger partial charge in [-0.3, -0.25) is 24.0 Å². The molecule has 3 rings (SSSR count). The van der Waals surface area contributed by atoms with Crippen LogP contribution >= 0.6 is 46.0 Å². The molecule has 1 fully saturated rings. The maximum atomic E-state index is 12.0. The maximum absolute atomic E-state index is 12.0. The van der Waals surface area contributed by atoms with E-state index in [0.29, 0.717) is 9.92 Å². The number of thioether (sulfide) groups is 1. The van der Waals surface area contributed by atoms with Crippen LogP contribution < -0.4 is 0 Å². The fourth-order valence-electron chi connectivity index (χ4n) is 3.35. The Hall–Kier alpha value is -1.90. The number of hydrogen-bond acceptors (Lipinski definition) is 10. The highest BCUT2D eigenvalue weighted by molar-refractivity contribution is 14.1. The summed E-state index contributed by atoms with van der Waals surface area (Å²) in [6.07, 6.45) is 3.70. The monoisotopic (exact) mass is 609 g/mol. The predicted molar refractivity (Wildman–Crippen MR) is 125 cm³/mol. The van der Waals surface area contributed by atoms with Crippen molar-refractivity contribution in [1.29, 1.82) is 0 Å². The number of rotatable bonds is 7. The molecule has 0 bridgehead atoms. The topological polar surface area (TPSA) is 119 Å². The van der Waals surface area contributed by atoms with Gasteiger partial charge in [0.15, 0.2) is 12.2 Å². The molecule has 2 aromatic heterocycles. The number of halogens is 2. The highest BCUT2D eigenvalue weighted by atomic mass is 127. The van der Waals surface area contributed by atoms with Gasteiger partial charge in [0, 0.05) is 44.3 Å². The van der Waals surface area contributed by atoms with E-state index in [1.165, 1.54) is 38.7 Å². The first kappa shape index (κ1) is 25.7. The molecule has 0 N–H and O–H groups in total. The Morgan fingerprint density at radius 2 is 1.82 bits per heavy atom. The number of aromatic nitrogens is 3. The van der Waals surface area contributed by atoms with Gasteiger partial charge in [0.1, 0.15) is 24.2 Å². The third-order valence-corrected chi connectivity index (χ3v) is 6.35. The molecule has 0 spiro atoms. The summed E-state index contributed by atoms with van der Waals surface area (Å²) in [4.78, 5) is 40.2. The van der Waals surface area contributed by atoms with Crippen LogP contribution in [0.4, 0.5) is 0 Å². The Morgan fingerprint density at radius 3 is 2.39 bits per heavy atom. The van der Waals surface area contributed by atoms with Gasteiger partial charge in [0.05, 0.1) is 14.8 Å². The highest BCUT2D eigenvalue weighted by Crippen LogP contribution is 2.41. The van der Waals surface area contributed by atoms with E-state index in [4.69, 9.17) is 30.5 Å². The third-order valence-electron chi connectivity index (χ3n) is 4.48. The zero-order valence-corrected chi connectivity index (χ0v) is 21.6. The lowest BCUT2D eigenvalue weighted by molar-refractivity contribution is -0.212. The molecule has 0 radical (unpaired) electrons. The van der Waals surface area contributed by atoms with Crippen LogP contribution in [0.5, 0.6) is 0 Å². The van der Waals surface area contributed by atoms with Crippen molar-refractivity contribution in [3.8, 4) is 0 Å². The normalized spacial score (nSPS) is 24.7. The predicted octanol–water partition coefficient (Wildman–Crippen LogP) is 3.02. The highest BCUT2D eigenvalue weighted by Gasteiger charge is 2.51. The second-order valence-electron chi connectivity index (χ2n) is 7.08. The molecule has 3 heterocycles. The summed E-state index contributed by atoms with van der Waals surface area (Å²) < 4.78 is 25.0. The quantitative estimate of drug-likeness (QED) is 0.263. The molecule has 13 heteroatoms. The molecule has 1 aliphatic rings. The Bertz CT molecular complexity index is 1020. The van der Waals surface area contributed by atoms with Crippen LogP contribution in [0, 0.1) is 3.57 Å². The number of carbonyl (C=O) groups excluding carboxylic acids is 3. The minimum Gasteiger partial charge on any atom is -0.463 e. The Balaban J connectivity index is 2.06. The molecule has 5 atom stereocenters. The summed E-state index contributed by atoms with van der Waals surface area (Å²) in [7, 11) is 0. The largest absolute Gasteiger partial charge is 0.463 e. The first-order valence-electron chi connectivity index (χ1n) is 9.74. The average Bonchev–Trinajstić information content (AvgIpc) is 3.14. The van der Waals surface area contributed by atoms with Gasteiger partial charge in [-0.15, -0.1) is 0 Å². The average molecular weight is 610 g/mol. The van der Waals surface area contributed by atoms with E-state index in [2.05, 4.69) is 32.7 Å². The maximum Gasteiger partial charge on any atom is 0.303 e. The smallest absolute Gasteiger partial charge is 0.303 e. The second kappa shape index (κ2) is 11.5. The zero-order valence-electron chi connectivity index (χ0n) is 17.8. The lowest BCUT2D eigenvalue weighted by Gasteiger charge is -2.44. The van der Waals surface area contributed by atoms with Gasteiger partial charge in [0.2, 0.25) is 0 Å². The summed E-state index contributed by atoms with van der Waals surface area (Å²) in [5.74, 6) is -1.64. The van der Waals surface area contributed by atoms with E-state index in [1.54, 1.807) is 29.3 Å². The number of ether oxygens (including phenoxy) is 4. The Morgan fingerprint density at radius 1 is 1.12 bits per heavy atom. The third kappa shape index (κ3) is 7.04. The summed E-state index contributed by atoms with van der Waals surface area (Å²) >= 11 is 9.39. The second-order valence-corrected chi connectivity index (χ2v) is 9.93. The lowest BCUT2D eigenvalue weighted by atomic mass is 9.96. The molecule has 2 aromatic rings. The standard InChI is InChI=1S/C20H21ClIN3O7S/c1-10(26)29-9-16-18(30-11(2)27)17(25-8-14(22)6-24-25)19(31-12(3)28)20(32-16)33-15-4-13(21)5-23-7-15/h4-8,16-20H,9H2,1-3H3/t16?,17?,18-,19?,20+/m0/s1. The van der Waals surface area contributed by atoms with E-state index in [-0.39, 0.29) is 6.61 Å². The molecule has 178 valence electrons. The minimum absolute atomic E-state index is 0.181.